The summed E-state index contributed by atoms with van der Waals surface area (Å²) in [5.41, 5.74) is -0.0474. The number of benzene rings is 2. The van der Waals surface area contributed by atoms with Crippen LogP contribution < -0.4 is 10.4 Å². The molecule has 0 unspecified atom stereocenters. The summed E-state index contributed by atoms with van der Waals surface area (Å²) in [7, 11) is -2.52. The van der Waals surface area contributed by atoms with E-state index in [4.69, 9.17) is 4.43 Å². The van der Waals surface area contributed by atoms with Crippen LogP contribution in [0.4, 0.5) is 0 Å². The molecule has 2 aromatic rings. The predicted molar refractivity (Wildman–Crippen MR) is 131 cm³/mol. The Morgan fingerprint density at radius 2 is 1.52 bits per heavy atom. The summed E-state index contributed by atoms with van der Waals surface area (Å²) in [5.74, 6) is 1.40. The maximum Gasteiger partial charge on any atom is 0.261 e. The van der Waals surface area contributed by atoms with Crippen molar-refractivity contribution in [1.82, 2.24) is 0 Å². The van der Waals surface area contributed by atoms with E-state index in [1.165, 1.54) is 23.2 Å². The molecule has 3 atom stereocenters. The second-order valence-electron chi connectivity index (χ2n) is 10.9. The molecule has 0 amide bonds. The van der Waals surface area contributed by atoms with Crippen molar-refractivity contribution in [1.29, 1.82) is 0 Å². The molecule has 2 fully saturated rings. The number of carbonyl (C=O) groups is 1. The molecule has 0 aliphatic heterocycles. The van der Waals surface area contributed by atoms with Gasteiger partial charge in [0.2, 0.25) is 0 Å². The van der Waals surface area contributed by atoms with Crippen LogP contribution in [0, 0.1) is 17.3 Å². The highest BCUT2D eigenvalue weighted by molar-refractivity contribution is 6.99. The van der Waals surface area contributed by atoms with Crippen LogP contribution in [0.25, 0.3) is 0 Å². The highest BCUT2D eigenvalue weighted by Gasteiger charge is 2.54. The zero-order chi connectivity index (χ0) is 22.1. The third-order valence-corrected chi connectivity index (χ3v) is 13.1. The van der Waals surface area contributed by atoms with Crippen molar-refractivity contribution in [3.8, 4) is 0 Å². The number of Topliss-reactive ketones (excluding diaryl/α,β-unsaturated/α-hetero) is 1. The zero-order valence-electron chi connectivity index (χ0n) is 19.7. The van der Waals surface area contributed by atoms with Gasteiger partial charge in [0, 0.05) is 18.4 Å². The minimum Gasteiger partial charge on any atom is -0.407 e. The molecule has 2 nitrogen and oxygen atoms in total. The number of rotatable bonds is 6. The molecule has 2 aliphatic rings. The SMILES string of the molecule is C[C@@H](CO[Si](c1ccccc1)(c1ccccc1)C(C)(C)C)[C@H]1CCC[C@]12CCCC2=O. The van der Waals surface area contributed by atoms with Gasteiger partial charge in [0.25, 0.3) is 8.32 Å². The Labute approximate surface area is 189 Å². The fourth-order valence-corrected chi connectivity index (χ4v) is 11.3. The van der Waals surface area contributed by atoms with Gasteiger partial charge < -0.3 is 4.43 Å². The van der Waals surface area contributed by atoms with E-state index in [1.54, 1.807) is 0 Å². The molecule has 0 bridgehead atoms. The summed E-state index contributed by atoms with van der Waals surface area (Å²) in [6, 6.07) is 21.8. The summed E-state index contributed by atoms with van der Waals surface area (Å²) in [6.45, 7) is 10.1. The normalized spacial score (nSPS) is 25.3. The highest BCUT2D eigenvalue weighted by Crippen LogP contribution is 2.55. The first-order valence-corrected chi connectivity index (χ1v) is 14.0. The summed E-state index contributed by atoms with van der Waals surface area (Å²) in [5, 5.41) is 2.66. The topological polar surface area (TPSA) is 26.3 Å². The molecule has 2 saturated carbocycles. The number of carbonyl (C=O) groups excluding carboxylic acids is 1. The molecule has 2 aromatic carbocycles. The molecule has 31 heavy (non-hydrogen) atoms. The monoisotopic (exact) mass is 434 g/mol. The van der Waals surface area contributed by atoms with E-state index < -0.39 is 8.32 Å². The minimum absolute atomic E-state index is 0.00797. The molecule has 2 aliphatic carbocycles. The minimum atomic E-state index is -2.52. The average Bonchev–Trinajstić information content (AvgIpc) is 3.36. The smallest absolute Gasteiger partial charge is 0.261 e. The molecule has 0 radical (unpaired) electrons. The third-order valence-electron chi connectivity index (χ3n) is 8.10. The molecule has 166 valence electrons. The van der Waals surface area contributed by atoms with Crippen LogP contribution in [0.15, 0.2) is 60.7 Å². The van der Waals surface area contributed by atoms with Gasteiger partial charge in [-0.15, -0.1) is 0 Å². The van der Waals surface area contributed by atoms with E-state index in [0.29, 0.717) is 17.6 Å². The maximum absolute atomic E-state index is 12.9. The Balaban J connectivity index is 1.68. The van der Waals surface area contributed by atoms with Gasteiger partial charge in [-0.1, -0.05) is 94.8 Å². The maximum atomic E-state index is 12.9. The second-order valence-corrected chi connectivity index (χ2v) is 15.2. The van der Waals surface area contributed by atoms with E-state index in [-0.39, 0.29) is 10.5 Å². The van der Waals surface area contributed by atoms with Crippen LogP contribution in [-0.2, 0) is 9.22 Å². The van der Waals surface area contributed by atoms with Crippen LogP contribution in [-0.4, -0.2) is 20.7 Å². The molecule has 3 heteroatoms. The summed E-state index contributed by atoms with van der Waals surface area (Å²) in [6.07, 6.45) is 6.44. The van der Waals surface area contributed by atoms with Crippen LogP contribution in [0.1, 0.15) is 66.2 Å². The van der Waals surface area contributed by atoms with Crippen molar-refractivity contribution < 1.29 is 9.22 Å². The van der Waals surface area contributed by atoms with E-state index in [0.717, 1.165) is 32.3 Å². The Hall–Kier alpha value is -1.71. The van der Waals surface area contributed by atoms with Gasteiger partial charge in [-0.2, -0.15) is 0 Å². The lowest BCUT2D eigenvalue weighted by Crippen LogP contribution is -2.67. The molecule has 4 rings (SSSR count). The molecular weight excluding hydrogens is 396 g/mol. The van der Waals surface area contributed by atoms with Gasteiger partial charge in [0.15, 0.2) is 0 Å². The molecular formula is C28H38O2Si. The van der Waals surface area contributed by atoms with E-state index in [2.05, 4.69) is 88.4 Å². The van der Waals surface area contributed by atoms with Gasteiger partial charge in [0.05, 0.1) is 0 Å². The standard InChI is InChI=1S/C28H38O2Si/c1-22(25-17-11-19-28(25)20-12-18-26(28)29)21-30-31(27(2,3)4,23-13-7-5-8-14-23)24-15-9-6-10-16-24/h5-10,13-16,22,25H,11-12,17-21H2,1-4H3/t22-,25+,28-/m0/s1. The highest BCUT2D eigenvalue weighted by atomic mass is 28.4. The summed E-state index contributed by atoms with van der Waals surface area (Å²) in [4.78, 5) is 12.9. The first-order chi connectivity index (χ1) is 14.8. The van der Waals surface area contributed by atoms with Crippen LogP contribution >= 0.6 is 0 Å². The lowest BCUT2D eigenvalue weighted by Gasteiger charge is -2.44. The van der Waals surface area contributed by atoms with Crippen molar-refractivity contribution in [2.45, 2.75) is 71.3 Å². The van der Waals surface area contributed by atoms with Crippen molar-refractivity contribution in [3.05, 3.63) is 60.7 Å². The van der Waals surface area contributed by atoms with E-state index in [9.17, 15) is 4.79 Å². The Morgan fingerprint density at radius 1 is 0.968 bits per heavy atom. The molecule has 0 aromatic heterocycles. The van der Waals surface area contributed by atoms with Crippen LogP contribution in [0.3, 0.4) is 0 Å². The fourth-order valence-electron chi connectivity index (χ4n) is 6.67. The van der Waals surface area contributed by atoms with Crippen molar-refractivity contribution >= 4 is 24.5 Å². The van der Waals surface area contributed by atoms with E-state index >= 15 is 0 Å². The first-order valence-electron chi connectivity index (χ1n) is 12.1. The average molecular weight is 435 g/mol. The molecule has 0 N–H and O–H groups in total. The van der Waals surface area contributed by atoms with Crippen molar-refractivity contribution in [3.63, 3.8) is 0 Å². The Morgan fingerprint density at radius 3 is 2.00 bits per heavy atom. The lowest BCUT2D eigenvalue weighted by atomic mass is 9.70. The first kappa shape index (κ1) is 22.5. The van der Waals surface area contributed by atoms with E-state index in [1.807, 2.05) is 0 Å². The molecule has 0 heterocycles. The number of ketones is 1. The largest absolute Gasteiger partial charge is 0.407 e. The number of hydrogen-bond donors (Lipinski definition) is 0. The molecule has 1 spiro atoms. The lowest BCUT2D eigenvalue weighted by molar-refractivity contribution is -0.128. The zero-order valence-corrected chi connectivity index (χ0v) is 20.7. The van der Waals surface area contributed by atoms with Crippen LogP contribution in [0.5, 0.6) is 0 Å². The second kappa shape index (κ2) is 8.67. The Kier molecular flexibility index (Phi) is 6.29. The predicted octanol–water partition coefficient (Wildman–Crippen LogP) is 5.74. The van der Waals surface area contributed by atoms with Gasteiger partial charge in [-0.25, -0.2) is 0 Å². The van der Waals surface area contributed by atoms with Gasteiger partial charge >= 0.3 is 0 Å². The molecule has 0 saturated heterocycles. The number of hydrogen-bond acceptors (Lipinski definition) is 2. The van der Waals surface area contributed by atoms with Gasteiger partial charge in [-0.05, 0) is 52.9 Å². The quantitative estimate of drug-likeness (QED) is 0.542. The third kappa shape index (κ3) is 3.85. The van der Waals surface area contributed by atoms with Gasteiger partial charge in [0.1, 0.15) is 5.78 Å². The fraction of sp³-hybridized carbons (Fsp3) is 0.536. The summed E-state index contributed by atoms with van der Waals surface area (Å²) < 4.78 is 7.21. The summed E-state index contributed by atoms with van der Waals surface area (Å²) >= 11 is 0. The van der Waals surface area contributed by atoms with Gasteiger partial charge in [-0.3, -0.25) is 4.79 Å². The van der Waals surface area contributed by atoms with Crippen LogP contribution in [0.2, 0.25) is 5.04 Å². The Bertz CT molecular complexity index is 843. The van der Waals surface area contributed by atoms with Crippen molar-refractivity contribution in [2.24, 2.45) is 17.3 Å². The van der Waals surface area contributed by atoms with Crippen molar-refractivity contribution in [2.75, 3.05) is 6.61 Å².